The van der Waals surface area contributed by atoms with Gasteiger partial charge in [-0.2, -0.15) is 0 Å². The first-order valence-electron chi connectivity index (χ1n) is 8.05. The van der Waals surface area contributed by atoms with Crippen molar-refractivity contribution in [3.05, 3.63) is 77.0 Å². The summed E-state index contributed by atoms with van der Waals surface area (Å²) >= 11 is 0. The normalized spacial score (nSPS) is 10.5. The number of benzene rings is 1. The van der Waals surface area contributed by atoms with Gasteiger partial charge < -0.3 is 15.1 Å². The van der Waals surface area contributed by atoms with Crippen LogP contribution in [0, 0.1) is 13.8 Å². The van der Waals surface area contributed by atoms with Crippen molar-refractivity contribution < 1.29 is 9.21 Å². The van der Waals surface area contributed by atoms with Crippen molar-refractivity contribution in [3.8, 4) is 0 Å². The summed E-state index contributed by atoms with van der Waals surface area (Å²) in [6, 6.07) is 11.1. The zero-order valence-corrected chi connectivity index (χ0v) is 14.2. The lowest BCUT2D eigenvalue weighted by atomic mass is 10.1. The van der Waals surface area contributed by atoms with Crippen LogP contribution in [0.5, 0.6) is 0 Å². The fourth-order valence-electron chi connectivity index (χ4n) is 2.30. The highest BCUT2D eigenvalue weighted by molar-refractivity contribution is 5.94. The Morgan fingerprint density at radius 3 is 2.80 bits per heavy atom. The third-order valence-corrected chi connectivity index (χ3v) is 3.87. The number of anilines is 1. The SMILES string of the molecule is Cc1cnc(NCc2cccc(C(=O)NCc3ccco3)c2)nc1C. The number of nitrogens with one attached hydrogen (secondary N) is 2. The summed E-state index contributed by atoms with van der Waals surface area (Å²) < 4.78 is 5.21. The molecule has 0 aliphatic rings. The Kier molecular flexibility index (Phi) is 5.09. The predicted molar refractivity (Wildman–Crippen MR) is 95.2 cm³/mol. The Morgan fingerprint density at radius 2 is 2.04 bits per heavy atom. The molecule has 0 atom stereocenters. The van der Waals surface area contributed by atoms with Gasteiger partial charge in [0.05, 0.1) is 12.8 Å². The predicted octanol–water partition coefficient (Wildman–Crippen LogP) is 3.23. The van der Waals surface area contributed by atoms with Crippen LogP contribution < -0.4 is 10.6 Å². The summed E-state index contributed by atoms with van der Waals surface area (Å²) in [6.07, 6.45) is 3.38. The lowest BCUT2D eigenvalue weighted by Gasteiger charge is -2.08. The van der Waals surface area contributed by atoms with E-state index in [0.717, 1.165) is 22.6 Å². The highest BCUT2D eigenvalue weighted by atomic mass is 16.3. The van der Waals surface area contributed by atoms with E-state index < -0.39 is 0 Å². The number of aryl methyl sites for hydroxylation is 2. The Hall–Kier alpha value is -3.15. The molecule has 25 heavy (non-hydrogen) atoms. The first-order chi connectivity index (χ1) is 12.1. The molecule has 0 aliphatic carbocycles. The molecule has 0 saturated heterocycles. The molecule has 128 valence electrons. The van der Waals surface area contributed by atoms with Gasteiger partial charge in [0.15, 0.2) is 0 Å². The smallest absolute Gasteiger partial charge is 0.251 e. The molecule has 2 N–H and O–H groups in total. The first-order valence-corrected chi connectivity index (χ1v) is 8.05. The number of carbonyl (C=O) groups is 1. The molecule has 3 aromatic rings. The van der Waals surface area contributed by atoms with Crippen LogP contribution in [0.4, 0.5) is 5.95 Å². The summed E-state index contributed by atoms with van der Waals surface area (Å²) in [5, 5.41) is 6.02. The average Bonchev–Trinajstić information content (AvgIpc) is 3.14. The van der Waals surface area contributed by atoms with Gasteiger partial charge in [0.25, 0.3) is 5.91 Å². The largest absolute Gasteiger partial charge is 0.467 e. The molecule has 0 fully saturated rings. The molecule has 2 aromatic heterocycles. The molecule has 0 saturated carbocycles. The second kappa shape index (κ2) is 7.61. The minimum absolute atomic E-state index is 0.138. The van der Waals surface area contributed by atoms with Crippen LogP contribution in [0.3, 0.4) is 0 Å². The van der Waals surface area contributed by atoms with E-state index in [1.807, 2.05) is 38.1 Å². The number of hydrogen-bond acceptors (Lipinski definition) is 5. The summed E-state index contributed by atoms with van der Waals surface area (Å²) in [5.74, 6) is 1.16. The third kappa shape index (κ3) is 4.44. The first kappa shape index (κ1) is 16.7. The summed E-state index contributed by atoms with van der Waals surface area (Å²) in [6.45, 7) is 4.84. The second-order valence-electron chi connectivity index (χ2n) is 5.78. The van der Waals surface area contributed by atoms with Gasteiger partial charge in [-0.15, -0.1) is 0 Å². The fraction of sp³-hybridized carbons (Fsp3) is 0.211. The lowest BCUT2D eigenvalue weighted by Crippen LogP contribution is -2.22. The average molecular weight is 336 g/mol. The van der Waals surface area contributed by atoms with E-state index in [9.17, 15) is 4.79 Å². The molecule has 1 aromatic carbocycles. The van der Waals surface area contributed by atoms with Crippen LogP contribution in [-0.2, 0) is 13.1 Å². The fourth-order valence-corrected chi connectivity index (χ4v) is 2.30. The van der Waals surface area contributed by atoms with E-state index in [1.165, 1.54) is 0 Å². The molecule has 1 amide bonds. The number of aromatic nitrogens is 2. The molecule has 0 bridgehead atoms. The Morgan fingerprint density at radius 1 is 1.16 bits per heavy atom. The molecular weight excluding hydrogens is 316 g/mol. The zero-order valence-electron chi connectivity index (χ0n) is 14.2. The van der Waals surface area contributed by atoms with Crippen molar-refractivity contribution in [2.45, 2.75) is 26.9 Å². The second-order valence-corrected chi connectivity index (χ2v) is 5.78. The minimum atomic E-state index is -0.138. The highest BCUT2D eigenvalue weighted by Crippen LogP contribution is 2.10. The maximum Gasteiger partial charge on any atom is 0.251 e. The maximum atomic E-state index is 12.3. The number of nitrogens with zero attached hydrogens (tertiary/aromatic N) is 2. The van der Waals surface area contributed by atoms with Gasteiger partial charge in [-0.3, -0.25) is 4.79 Å². The van der Waals surface area contributed by atoms with E-state index in [0.29, 0.717) is 24.6 Å². The maximum absolute atomic E-state index is 12.3. The molecule has 0 radical (unpaired) electrons. The summed E-state index contributed by atoms with van der Waals surface area (Å²) in [4.78, 5) is 20.9. The number of hydrogen-bond donors (Lipinski definition) is 2. The lowest BCUT2D eigenvalue weighted by molar-refractivity contribution is 0.0948. The van der Waals surface area contributed by atoms with E-state index in [1.54, 1.807) is 24.6 Å². The van der Waals surface area contributed by atoms with Gasteiger partial charge >= 0.3 is 0 Å². The van der Waals surface area contributed by atoms with E-state index in [-0.39, 0.29) is 5.91 Å². The van der Waals surface area contributed by atoms with E-state index in [4.69, 9.17) is 4.42 Å². The molecule has 3 rings (SSSR count). The Labute approximate surface area is 146 Å². The molecule has 0 spiro atoms. The van der Waals surface area contributed by atoms with Crippen LogP contribution in [0.1, 0.15) is 32.9 Å². The van der Waals surface area contributed by atoms with Crippen LogP contribution in [0.15, 0.2) is 53.3 Å². The minimum Gasteiger partial charge on any atom is -0.467 e. The van der Waals surface area contributed by atoms with E-state index in [2.05, 4.69) is 20.6 Å². The van der Waals surface area contributed by atoms with Crippen molar-refractivity contribution >= 4 is 11.9 Å². The Balaban J connectivity index is 1.60. The van der Waals surface area contributed by atoms with Crippen LogP contribution in [0.25, 0.3) is 0 Å². The standard InChI is InChI=1S/C19H20N4O2/c1-13-10-21-19(23-14(13)2)22-11-15-5-3-6-16(9-15)18(24)20-12-17-7-4-8-25-17/h3-10H,11-12H2,1-2H3,(H,20,24)(H,21,22,23). The summed E-state index contributed by atoms with van der Waals surface area (Å²) in [5.41, 5.74) is 3.59. The van der Waals surface area contributed by atoms with Gasteiger partial charge in [-0.1, -0.05) is 12.1 Å². The number of rotatable bonds is 6. The van der Waals surface area contributed by atoms with Crippen LogP contribution in [0.2, 0.25) is 0 Å². The van der Waals surface area contributed by atoms with Gasteiger partial charge in [0, 0.05) is 24.0 Å². The molecule has 2 heterocycles. The summed E-state index contributed by atoms with van der Waals surface area (Å²) in [7, 11) is 0. The quantitative estimate of drug-likeness (QED) is 0.722. The van der Waals surface area contributed by atoms with Gasteiger partial charge in [0.1, 0.15) is 5.76 Å². The third-order valence-electron chi connectivity index (χ3n) is 3.87. The van der Waals surface area contributed by atoms with Crippen molar-refractivity contribution in [2.75, 3.05) is 5.32 Å². The van der Waals surface area contributed by atoms with Crippen molar-refractivity contribution in [1.82, 2.24) is 15.3 Å². The van der Waals surface area contributed by atoms with Crippen LogP contribution >= 0.6 is 0 Å². The number of amides is 1. The molecule has 0 unspecified atom stereocenters. The van der Waals surface area contributed by atoms with Gasteiger partial charge in [0.2, 0.25) is 5.95 Å². The van der Waals surface area contributed by atoms with Gasteiger partial charge in [-0.25, -0.2) is 9.97 Å². The molecule has 0 aliphatic heterocycles. The molecule has 6 nitrogen and oxygen atoms in total. The molecular formula is C19H20N4O2. The highest BCUT2D eigenvalue weighted by Gasteiger charge is 2.07. The van der Waals surface area contributed by atoms with Crippen LogP contribution in [-0.4, -0.2) is 15.9 Å². The Bertz CT molecular complexity index is 860. The number of furan rings is 1. The topological polar surface area (TPSA) is 80.0 Å². The number of carbonyl (C=O) groups excluding carboxylic acids is 1. The molecule has 6 heteroatoms. The van der Waals surface area contributed by atoms with E-state index >= 15 is 0 Å². The van der Waals surface area contributed by atoms with Crippen molar-refractivity contribution in [3.63, 3.8) is 0 Å². The zero-order chi connectivity index (χ0) is 17.6. The van der Waals surface area contributed by atoms with Gasteiger partial charge in [-0.05, 0) is 49.2 Å². The van der Waals surface area contributed by atoms with Crippen molar-refractivity contribution in [2.24, 2.45) is 0 Å². The monoisotopic (exact) mass is 336 g/mol. The van der Waals surface area contributed by atoms with Crippen molar-refractivity contribution in [1.29, 1.82) is 0 Å².